The van der Waals surface area contributed by atoms with Gasteiger partial charge in [0.25, 0.3) is 0 Å². The number of esters is 1. The van der Waals surface area contributed by atoms with Gasteiger partial charge in [-0.1, -0.05) is 41.9 Å². The molecule has 1 heterocycles. The predicted octanol–water partition coefficient (Wildman–Crippen LogP) is 2.43. The molecule has 0 saturated heterocycles. The second-order valence-corrected chi connectivity index (χ2v) is 4.90. The number of halogens is 1. The largest absolute Gasteiger partial charge is 0.467 e. The normalized spacial score (nSPS) is 12.8. The maximum Gasteiger partial charge on any atom is 0.335 e. The van der Waals surface area contributed by atoms with E-state index in [0.29, 0.717) is 16.3 Å². The molecule has 0 radical (unpaired) electrons. The van der Waals surface area contributed by atoms with Crippen LogP contribution in [0.5, 0.6) is 0 Å². The van der Waals surface area contributed by atoms with E-state index in [1.165, 1.54) is 19.5 Å². The number of aliphatic hydroxyl groups excluding tert-OH is 1. The van der Waals surface area contributed by atoms with Crippen molar-refractivity contribution in [1.29, 1.82) is 0 Å². The maximum atomic E-state index is 12.0. The summed E-state index contributed by atoms with van der Waals surface area (Å²) in [6.45, 7) is -0.300. The van der Waals surface area contributed by atoms with Crippen molar-refractivity contribution >= 4 is 23.3 Å². The summed E-state index contributed by atoms with van der Waals surface area (Å²) in [5.41, 5.74) is 1.62. The molecule has 1 aromatic carbocycles. The molecule has 2 aromatic rings. The van der Waals surface area contributed by atoms with Gasteiger partial charge in [0, 0.05) is 18.0 Å². The van der Waals surface area contributed by atoms with Crippen LogP contribution in [0.3, 0.4) is 0 Å². The van der Waals surface area contributed by atoms with Crippen LogP contribution in [0, 0.1) is 0 Å². The summed E-state index contributed by atoms with van der Waals surface area (Å²) in [5, 5.41) is 9.95. The molecular formula is C16H15ClN2O3. The second kappa shape index (κ2) is 7.68. The van der Waals surface area contributed by atoms with Crippen molar-refractivity contribution in [2.24, 2.45) is 4.99 Å². The fraction of sp³-hybridized carbons (Fsp3) is 0.188. The number of nitrogens with zero attached hydrogens (tertiary/aromatic N) is 2. The van der Waals surface area contributed by atoms with Crippen molar-refractivity contribution in [3.05, 3.63) is 64.9 Å². The third kappa shape index (κ3) is 3.90. The second-order valence-electron chi connectivity index (χ2n) is 4.46. The van der Waals surface area contributed by atoms with Crippen LogP contribution in [0.1, 0.15) is 17.2 Å². The summed E-state index contributed by atoms with van der Waals surface area (Å²) in [6.07, 6.45) is 2.96. The van der Waals surface area contributed by atoms with Crippen LogP contribution in [-0.4, -0.2) is 35.5 Å². The van der Waals surface area contributed by atoms with Crippen LogP contribution in [0.4, 0.5) is 0 Å². The van der Waals surface area contributed by atoms with Gasteiger partial charge in [-0.3, -0.25) is 9.98 Å². The highest BCUT2D eigenvalue weighted by Crippen LogP contribution is 2.22. The lowest BCUT2D eigenvalue weighted by Crippen LogP contribution is -2.17. The van der Waals surface area contributed by atoms with Gasteiger partial charge < -0.3 is 9.84 Å². The number of aliphatic hydroxyl groups is 1. The van der Waals surface area contributed by atoms with E-state index in [0.717, 1.165) is 5.56 Å². The van der Waals surface area contributed by atoms with E-state index in [9.17, 15) is 9.90 Å². The number of pyridine rings is 1. The summed E-state index contributed by atoms with van der Waals surface area (Å²) in [6, 6.07) is 9.79. The van der Waals surface area contributed by atoms with Crippen molar-refractivity contribution in [3.8, 4) is 0 Å². The average molecular weight is 319 g/mol. The Labute approximate surface area is 133 Å². The molecule has 114 valence electrons. The van der Waals surface area contributed by atoms with Crippen molar-refractivity contribution in [2.75, 3.05) is 13.7 Å². The molecule has 22 heavy (non-hydrogen) atoms. The Morgan fingerprint density at radius 2 is 2.09 bits per heavy atom. The third-order valence-corrected chi connectivity index (χ3v) is 3.21. The smallest absolute Gasteiger partial charge is 0.335 e. The quantitative estimate of drug-likeness (QED) is 0.679. The van der Waals surface area contributed by atoms with Gasteiger partial charge >= 0.3 is 5.97 Å². The molecule has 6 heteroatoms. The van der Waals surface area contributed by atoms with Crippen molar-refractivity contribution in [3.63, 3.8) is 0 Å². The fourth-order valence-electron chi connectivity index (χ4n) is 1.95. The van der Waals surface area contributed by atoms with Crippen LogP contribution >= 0.6 is 11.6 Å². The lowest BCUT2D eigenvalue weighted by atomic mass is 10.1. The van der Waals surface area contributed by atoms with Gasteiger partial charge in [0.05, 0.1) is 24.5 Å². The Morgan fingerprint density at radius 1 is 1.36 bits per heavy atom. The number of hydrogen-bond acceptors (Lipinski definition) is 5. The SMILES string of the molecule is COC(=O)C(/N=C(\CO)c1ccccc1)c1cncc(Cl)c1. The lowest BCUT2D eigenvalue weighted by Gasteiger charge is -2.13. The van der Waals surface area contributed by atoms with E-state index in [1.54, 1.807) is 18.2 Å². The van der Waals surface area contributed by atoms with Gasteiger partial charge in [0.2, 0.25) is 0 Å². The van der Waals surface area contributed by atoms with Crippen molar-refractivity contribution < 1.29 is 14.6 Å². The molecule has 0 saturated carbocycles. The van der Waals surface area contributed by atoms with Crippen LogP contribution in [0.15, 0.2) is 53.8 Å². The zero-order valence-corrected chi connectivity index (χ0v) is 12.7. The number of methoxy groups -OCH3 is 1. The molecule has 0 bridgehead atoms. The molecule has 2 rings (SSSR count). The van der Waals surface area contributed by atoms with Crippen LogP contribution in [0.2, 0.25) is 5.02 Å². The zero-order valence-electron chi connectivity index (χ0n) is 11.9. The van der Waals surface area contributed by atoms with Crippen LogP contribution in [0.25, 0.3) is 0 Å². The summed E-state index contributed by atoms with van der Waals surface area (Å²) in [7, 11) is 1.28. The van der Waals surface area contributed by atoms with Gasteiger partial charge in [-0.25, -0.2) is 4.79 Å². The molecule has 0 aliphatic carbocycles. The number of aliphatic imine (C=N–C) groups is 1. The number of ether oxygens (including phenoxy) is 1. The Bertz CT molecular complexity index is 674. The monoisotopic (exact) mass is 318 g/mol. The summed E-state index contributed by atoms with van der Waals surface area (Å²) in [5.74, 6) is -0.550. The highest BCUT2D eigenvalue weighted by Gasteiger charge is 2.22. The van der Waals surface area contributed by atoms with Gasteiger partial charge in [-0.05, 0) is 11.6 Å². The molecule has 0 aliphatic rings. The number of carbonyl (C=O) groups excluding carboxylic acids is 1. The van der Waals surface area contributed by atoms with Crippen LogP contribution in [-0.2, 0) is 9.53 Å². The van der Waals surface area contributed by atoms with E-state index in [-0.39, 0.29) is 6.61 Å². The van der Waals surface area contributed by atoms with E-state index >= 15 is 0 Å². The number of rotatable bonds is 5. The zero-order chi connectivity index (χ0) is 15.9. The van der Waals surface area contributed by atoms with Gasteiger partial charge in [-0.15, -0.1) is 0 Å². The van der Waals surface area contributed by atoms with Gasteiger partial charge in [-0.2, -0.15) is 0 Å². The average Bonchev–Trinajstić information content (AvgIpc) is 2.56. The minimum absolute atomic E-state index is 0.300. The van der Waals surface area contributed by atoms with Crippen LogP contribution < -0.4 is 0 Å². The molecular weight excluding hydrogens is 304 g/mol. The molecule has 0 aliphatic heterocycles. The van der Waals surface area contributed by atoms with Crippen molar-refractivity contribution in [1.82, 2.24) is 4.98 Å². The Balaban J connectivity index is 2.45. The first-order chi connectivity index (χ1) is 10.7. The van der Waals surface area contributed by atoms with E-state index in [2.05, 4.69) is 9.98 Å². The maximum absolute atomic E-state index is 12.0. The summed E-state index contributed by atoms with van der Waals surface area (Å²) in [4.78, 5) is 20.3. The number of hydrogen-bond donors (Lipinski definition) is 1. The molecule has 0 amide bonds. The molecule has 1 aromatic heterocycles. The van der Waals surface area contributed by atoms with Crippen molar-refractivity contribution in [2.45, 2.75) is 6.04 Å². The lowest BCUT2D eigenvalue weighted by molar-refractivity contribution is -0.142. The Hall–Kier alpha value is -2.24. The predicted molar refractivity (Wildman–Crippen MR) is 84.1 cm³/mol. The molecule has 1 atom stereocenters. The fourth-order valence-corrected chi connectivity index (χ4v) is 2.13. The standard InChI is InChI=1S/C16H15ClN2O3/c1-22-16(21)15(12-7-13(17)9-18-8-12)19-14(10-20)11-5-3-2-4-6-11/h2-9,15,20H,10H2,1H3/b19-14+. The molecule has 1 unspecified atom stereocenters. The minimum atomic E-state index is -0.932. The first-order valence-electron chi connectivity index (χ1n) is 6.57. The number of aromatic nitrogens is 1. The Morgan fingerprint density at radius 3 is 2.68 bits per heavy atom. The summed E-state index contributed by atoms with van der Waals surface area (Å²) >= 11 is 5.91. The summed E-state index contributed by atoms with van der Waals surface area (Å²) < 4.78 is 4.79. The van der Waals surface area contributed by atoms with Gasteiger partial charge in [0.1, 0.15) is 0 Å². The highest BCUT2D eigenvalue weighted by molar-refractivity contribution is 6.30. The molecule has 5 nitrogen and oxygen atoms in total. The Kier molecular flexibility index (Phi) is 5.63. The molecule has 0 spiro atoms. The minimum Gasteiger partial charge on any atom is -0.467 e. The topological polar surface area (TPSA) is 71.8 Å². The molecule has 1 N–H and O–H groups in total. The van der Waals surface area contributed by atoms with E-state index < -0.39 is 12.0 Å². The first kappa shape index (κ1) is 16.1. The molecule has 0 fully saturated rings. The number of carbonyl (C=O) groups is 1. The first-order valence-corrected chi connectivity index (χ1v) is 6.94. The van der Waals surface area contributed by atoms with E-state index in [4.69, 9.17) is 16.3 Å². The van der Waals surface area contributed by atoms with Gasteiger partial charge in [0.15, 0.2) is 6.04 Å². The third-order valence-electron chi connectivity index (χ3n) is 3.01. The number of benzene rings is 1. The van der Waals surface area contributed by atoms with E-state index in [1.807, 2.05) is 18.2 Å². The highest BCUT2D eigenvalue weighted by atomic mass is 35.5.